The number of hydrogen-bond donors (Lipinski definition) is 0. The lowest BCUT2D eigenvalue weighted by Crippen LogP contribution is -2.08. The van der Waals surface area contributed by atoms with Crippen LogP contribution in [0.15, 0.2) is 0 Å². The van der Waals surface area contributed by atoms with E-state index in [-0.39, 0.29) is 12.8 Å². The van der Waals surface area contributed by atoms with E-state index >= 15 is 0 Å². The summed E-state index contributed by atoms with van der Waals surface area (Å²) in [5.41, 5.74) is 0. The van der Waals surface area contributed by atoms with E-state index in [4.69, 9.17) is 0 Å². The average molecular weight is 144 g/mol. The number of ketones is 1. The lowest BCUT2D eigenvalue weighted by Gasteiger charge is -1.93. The first-order chi connectivity index (χ1) is 4.70. The topological polar surface area (TPSA) is 60.4 Å². The van der Waals surface area contributed by atoms with Gasteiger partial charge in [0.1, 0.15) is 12.7 Å². The molecule has 0 heterocycles. The van der Waals surface area contributed by atoms with E-state index in [1.807, 2.05) is 0 Å². The molecule has 0 aliphatic heterocycles. The SMILES string of the molecule is COC(=O)CC(=O)CC=O. The van der Waals surface area contributed by atoms with Crippen LogP contribution in [0.25, 0.3) is 0 Å². The lowest BCUT2D eigenvalue weighted by molar-refractivity contribution is -0.143. The molecule has 0 spiro atoms. The molecule has 4 heteroatoms. The quantitative estimate of drug-likeness (QED) is 0.309. The van der Waals surface area contributed by atoms with Crippen molar-refractivity contribution in [3.63, 3.8) is 0 Å². The molecule has 4 nitrogen and oxygen atoms in total. The first-order valence-corrected chi connectivity index (χ1v) is 2.73. The number of esters is 1. The van der Waals surface area contributed by atoms with Crippen LogP contribution >= 0.6 is 0 Å². The van der Waals surface area contributed by atoms with Gasteiger partial charge in [-0.25, -0.2) is 0 Å². The van der Waals surface area contributed by atoms with Crippen molar-refractivity contribution in [2.24, 2.45) is 0 Å². The standard InChI is InChI=1S/C6H8O4/c1-10-6(9)4-5(8)2-3-7/h3H,2,4H2,1H3. The maximum absolute atomic E-state index is 10.5. The molecule has 0 aliphatic rings. The van der Waals surface area contributed by atoms with Crippen LogP contribution < -0.4 is 0 Å². The van der Waals surface area contributed by atoms with E-state index in [0.29, 0.717) is 6.29 Å². The number of carbonyl (C=O) groups is 3. The summed E-state index contributed by atoms with van der Waals surface area (Å²) >= 11 is 0. The molecule has 0 atom stereocenters. The van der Waals surface area contributed by atoms with Crippen molar-refractivity contribution in [1.29, 1.82) is 0 Å². The number of rotatable bonds is 4. The van der Waals surface area contributed by atoms with Crippen LogP contribution in [0.1, 0.15) is 12.8 Å². The van der Waals surface area contributed by atoms with Gasteiger partial charge in [0.05, 0.1) is 13.5 Å². The lowest BCUT2D eigenvalue weighted by atomic mass is 10.2. The fourth-order valence-electron chi connectivity index (χ4n) is 0.398. The fraction of sp³-hybridized carbons (Fsp3) is 0.500. The number of carbonyl (C=O) groups excluding carboxylic acids is 3. The Morgan fingerprint density at radius 2 is 2.10 bits per heavy atom. The fourth-order valence-corrected chi connectivity index (χ4v) is 0.398. The monoisotopic (exact) mass is 144 g/mol. The second-order valence-corrected chi connectivity index (χ2v) is 1.66. The molecule has 0 fully saturated rings. The summed E-state index contributed by atoms with van der Waals surface area (Å²) in [7, 11) is 1.19. The van der Waals surface area contributed by atoms with Crippen molar-refractivity contribution in [3.05, 3.63) is 0 Å². The van der Waals surface area contributed by atoms with Crippen LogP contribution in [0.5, 0.6) is 0 Å². The Morgan fingerprint density at radius 1 is 1.50 bits per heavy atom. The van der Waals surface area contributed by atoms with Crippen LogP contribution in [-0.2, 0) is 19.1 Å². The number of ether oxygens (including phenoxy) is 1. The Hall–Kier alpha value is -1.19. The van der Waals surface area contributed by atoms with E-state index in [2.05, 4.69) is 4.74 Å². The molecule has 0 radical (unpaired) electrons. The maximum Gasteiger partial charge on any atom is 0.313 e. The molecular weight excluding hydrogens is 136 g/mol. The molecule has 56 valence electrons. The zero-order valence-electron chi connectivity index (χ0n) is 5.62. The minimum Gasteiger partial charge on any atom is -0.469 e. The molecule has 0 bridgehead atoms. The highest BCUT2D eigenvalue weighted by atomic mass is 16.5. The molecule has 0 aliphatic carbocycles. The summed E-state index contributed by atoms with van der Waals surface area (Å²) in [6, 6.07) is 0. The van der Waals surface area contributed by atoms with Crippen molar-refractivity contribution in [1.82, 2.24) is 0 Å². The van der Waals surface area contributed by atoms with E-state index in [1.54, 1.807) is 0 Å². The summed E-state index contributed by atoms with van der Waals surface area (Å²) in [5, 5.41) is 0. The largest absolute Gasteiger partial charge is 0.469 e. The van der Waals surface area contributed by atoms with Crippen molar-refractivity contribution in [3.8, 4) is 0 Å². The highest BCUT2D eigenvalue weighted by molar-refractivity contribution is 6.00. The zero-order chi connectivity index (χ0) is 7.98. The number of methoxy groups -OCH3 is 1. The molecule has 0 aromatic rings. The zero-order valence-corrected chi connectivity index (χ0v) is 5.62. The van der Waals surface area contributed by atoms with Crippen LogP contribution in [0.2, 0.25) is 0 Å². The van der Waals surface area contributed by atoms with Gasteiger partial charge >= 0.3 is 5.97 Å². The van der Waals surface area contributed by atoms with Gasteiger partial charge in [0, 0.05) is 0 Å². The summed E-state index contributed by atoms with van der Waals surface area (Å²) in [6.45, 7) is 0. The molecule has 0 saturated carbocycles. The van der Waals surface area contributed by atoms with Gasteiger partial charge in [-0.2, -0.15) is 0 Å². The second kappa shape index (κ2) is 4.67. The van der Waals surface area contributed by atoms with Crippen LogP contribution in [0.3, 0.4) is 0 Å². The predicted molar refractivity (Wildman–Crippen MR) is 32.3 cm³/mol. The third-order valence-corrected chi connectivity index (χ3v) is 0.880. The van der Waals surface area contributed by atoms with Gasteiger partial charge < -0.3 is 9.53 Å². The highest BCUT2D eigenvalue weighted by Gasteiger charge is 2.07. The van der Waals surface area contributed by atoms with Crippen molar-refractivity contribution in [2.75, 3.05) is 7.11 Å². The molecule has 0 unspecified atom stereocenters. The minimum atomic E-state index is -0.605. The molecule has 0 aromatic carbocycles. The summed E-state index contributed by atoms with van der Waals surface area (Å²) in [5.74, 6) is -1.02. The summed E-state index contributed by atoms with van der Waals surface area (Å²) in [6.07, 6.45) is -0.0599. The van der Waals surface area contributed by atoms with Gasteiger partial charge in [0.2, 0.25) is 0 Å². The van der Waals surface area contributed by atoms with Crippen molar-refractivity contribution in [2.45, 2.75) is 12.8 Å². The molecule has 0 N–H and O–H groups in total. The van der Waals surface area contributed by atoms with Crippen LogP contribution in [0.4, 0.5) is 0 Å². The third kappa shape index (κ3) is 3.77. The molecule has 10 heavy (non-hydrogen) atoms. The van der Waals surface area contributed by atoms with Crippen molar-refractivity contribution >= 4 is 18.0 Å². The Bertz CT molecular complexity index is 150. The Morgan fingerprint density at radius 3 is 2.50 bits per heavy atom. The van der Waals surface area contributed by atoms with E-state index in [0.717, 1.165) is 0 Å². The first kappa shape index (κ1) is 8.81. The minimum absolute atomic E-state index is 0.213. The third-order valence-electron chi connectivity index (χ3n) is 0.880. The summed E-state index contributed by atoms with van der Waals surface area (Å²) < 4.78 is 4.19. The average Bonchev–Trinajstić information content (AvgIpc) is 1.88. The highest BCUT2D eigenvalue weighted by Crippen LogP contribution is 1.88. The van der Waals surface area contributed by atoms with Gasteiger partial charge in [0.15, 0.2) is 5.78 Å². The second-order valence-electron chi connectivity index (χ2n) is 1.66. The Labute approximate surface area is 58.2 Å². The van der Waals surface area contributed by atoms with Gasteiger partial charge in [0.25, 0.3) is 0 Å². The van der Waals surface area contributed by atoms with Crippen molar-refractivity contribution < 1.29 is 19.1 Å². The smallest absolute Gasteiger partial charge is 0.313 e. The predicted octanol–water partition coefficient (Wildman–Crippen LogP) is -0.292. The normalized spacial score (nSPS) is 8.50. The van der Waals surface area contributed by atoms with Gasteiger partial charge in [-0.15, -0.1) is 0 Å². The molecule has 0 saturated heterocycles. The molecule has 0 rings (SSSR count). The first-order valence-electron chi connectivity index (χ1n) is 2.73. The molecule has 0 aromatic heterocycles. The Balaban J connectivity index is 3.57. The Kier molecular flexibility index (Phi) is 4.11. The van der Waals surface area contributed by atoms with Crippen LogP contribution in [-0.4, -0.2) is 25.1 Å². The van der Waals surface area contributed by atoms with Gasteiger partial charge in [-0.05, 0) is 0 Å². The van der Waals surface area contributed by atoms with E-state index in [9.17, 15) is 14.4 Å². The summed E-state index contributed by atoms with van der Waals surface area (Å²) in [4.78, 5) is 30.5. The maximum atomic E-state index is 10.5. The van der Waals surface area contributed by atoms with Crippen LogP contribution in [0, 0.1) is 0 Å². The number of hydrogen-bond acceptors (Lipinski definition) is 4. The van der Waals surface area contributed by atoms with Gasteiger partial charge in [-0.1, -0.05) is 0 Å². The number of aldehydes is 1. The van der Waals surface area contributed by atoms with Gasteiger partial charge in [-0.3, -0.25) is 9.59 Å². The molecule has 0 amide bonds. The number of Topliss-reactive ketones (excluding diaryl/α,β-unsaturated/α-hetero) is 1. The van der Waals surface area contributed by atoms with E-state index in [1.165, 1.54) is 7.11 Å². The van der Waals surface area contributed by atoms with E-state index < -0.39 is 11.8 Å². The molecular formula is C6H8O4.